The number of hydrogen-bond donors (Lipinski definition) is 1. The number of aromatic nitrogens is 2. The van der Waals surface area contributed by atoms with Crippen molar-refractivity contribution in [3.05, 3.63) is 35.5 Å². The van der Waals surface area contributed by atoms with Crippen LogP contribution in [0.2, 0.25) is 0 Å². The van der Waals surface area contributed by atoms with E-state index in [9.17, 15) is 0 Å². The molecule has 0 amide bonds. The molecule has 0 spiro atoms. The number of nitrogens with zero attached hydrogens (tertiary/aromatic N) is 2. The molecule has 2 aromatic rings. The van der Waals surface area contributed by atoms with Crippen LogP contribution < -0.4 is 5.73 Å². The molecule has 2 aromatic heterocycles. The largest absolute Gasteiger partial charge is 0.460 e. The molecule has 0 saturated heterocycles. The van der Waals surface area contributed by atoms with E-state index in [1.54, 1.807) is 0 Å². The second kappa shape index (κ2) is 4.06. The molecule has 1 unspecified atom stereocenters. The van der Waals surface area contributed by atoms with Gasteiger partial charge in [0.05, 0.1) is 6.04 Å². The molecule has 0 bridgehead atoms. The molecule has 0 saturated carbocycles. The van der Waals surface area contributed by atoms with E-state index >= 15 is 0 Å². The fraction of sp³-hybridized carbons (Fsp3) is 0.333. The van der Waals surface area contributed by atoms with Gasteiger partial charge in [-0.15, -0.1) is 0 Å². The molecule has 2 heterocycles. The van der Waals surface area contributed by atoms with Crippen LogP contribution in [0, 0.1) is 13.8 Å². The minimum atomic E-state index is -0.172. The van der Waals surface area contributed by atoms with Crippen LogP contribution in [0.1, 0.15) is 30.2 Å². The molecule has 0 aromatic carbocycles. The summed E-state index contributed by atoms with van der Waals surface area (Å²) in [5, 5.41) is 0. The van der Waals surface area contributed by atoms with Gasteiger partial charge in [0.2, 0.25) is 0 Å². The van der Waals surface area contributed by atoms with Crippen molar-refractivity contribution in [1.82, 2.24) is 9.97 Å². The molecule has 0 aliphatic rings. The molecule has 2 rings (SSSR count). The van der Waals surface area contributed by atoms with Gasteiger partial charge in [0.25, 0.3) is 0 Å². The molecule has 0 aliphatic carbocycles. The van der Waals surface area contributed by atoms with Crippen molar-refractivity contribution in [3.63, 3.8) is 0 Å². The molecule has 4 nitrogen and oxygen atoms in total. The third-order valence-corrected chi connectivity index (χ3v) is 2.27. The summed E-state index contributed by atoms with van der Waals surface area (Å²) >= 11 is 0. The first-order chi connectivity index (χ1) is 7.56. The van der Waals surface area contributed by atoms with Gasteiger partial charge >= 0.3 is 0 Å². The monoisotopic (exact) mass is 217 g/mol. The van der Waals surface area contributed by atoms with Crippen molar-refractivity contribution in [2.75, 3.05) is 0 Å². The highest BCUT2D eigenvalue weighted by Gasteiger charge is 2.10. The van der Waals surface area contributed by atoms with Gasteiger partial charge < -0.3 is 10.2 Å². The SMILES string of the molecule is Cc1cc(-c2ccc(C)o2)nc(C(C)N)n1. The van der Waals surface area contributed by atoms with Crippen LogP contribution in [-0.4, -0.2) is 9.97 Å². The third-order valence-electron chi connectivity index (χ3n) is 2.27. The molecule has 16 heavy (non-hydrogen) atoms. The maximum absolute atomic E-state index is 5.78. The molecule has 1 atom stereocenters. The van der Waals surface area contributed by atoms with Gasteiger partial charge in [-0.25, -0.2) is 9.97 Å². The van der Waals surface area contributed by atoms with Gasteiger partial charge in [0.1, 0.15) is 17.3 Å². The number of nitrogens with two attached hydrogens (primary N) is 1. The lowest BCUT2D eigenvalue weighted by Crippen LogP contribution is -2.11. The first kappa shape index (κ1) is 10.8. The Morgan fingerprint density at radius 3 is 2.56 bits per heavy atom. The van der Waals surface area contributed by atoms with Crippen molar-refractivity contribution >= 4 is 0 Å². The molecule has 0 fully saturated rings. The summed E-state index contributed by atoms with van der Waals surface area (Å²) in [6, 6.07) is 5.54. The normalized spacial score (nSPS) is 12.8. The second-order valence-corrected chi connectivity index (χ2v) is 3.95. The van der Waals surface area contributed by atoms with E-state index < -0.39 is 0 Å². The van der Waals surface area contributed by atoms with E-state index in [1.807, 2.05) is 39.0 Å². The maximum atomic E-state index is 5.78. The molecular weight excluding hydrogens is 202 g/mol. The van der Waals surface area contributed by atoms with E-state index in [2.05, 4.69) is 9.97 Å². The lowest BCUT2D eigenvalue weighted by Gasteiger charge is -2.06. The predicted octanol–water partition coefficient (Wildman–Crippen LogP) is 2.37. The zero-order chi connectivity index (χ0) is 11.7. The van der Waals surface area contributed by atoms with Crippen LogP contribution in [0.25, 0.3) is 11.5 Å². The van der Waals surface area contributed by atoms with Crippen molar-refractivity contribution in [3.8, 4) is 11.5 Å². The van der Waals surface area contributed by atoms with Crippen molar-refractivity contribution in [2.45, 2.75) is 26.8 Å². The zero-order valence-electron chi connectivity index (χ0n) is 9.69. The lowest BCUT2D eigenvalue weighted by molar-refractivity contribution is 0.545. The smallest absolute Gasteiger partial charge is 0.152 e. The summed E-state index contributed by atoms with van der Waals surface area (Å²) < 4.78 is 5.53. The number of rotatable bonds is 2. The fourth-order valence-corrected chi connectivity index (χ4v) is 1.49. The Bertz CT molecular complexity index is 503. The summed E-state index contributed by atoms with van der Waals surface area (Å²) in [5.41, 5.74) is 7.46. The molecule has 0 aliphatic heterocycles. The highest BCUT2D eigenvalue weighted by molar-refractivity contribution is 5.52. The van der Waals surface area contributed by atoms with Gasteiger partial charge in [0.15, 0.2) is 5.76 Å². The van der Waals surface area contributed by atoms with Crippen LogP contribution in [0.4, 0.5) is 0 Å². The summed E-state index contributed by atoms with van der Waals surface area (Å²) in [6.45, 7) is 5.70. The molecule has 4 heteroatoms. The number of furan rings is 1. The lowest BCUT2D eigenvalue weighted by atomic mass is 10.2. The van der Waals surface area contributed by atoms with E-state index in [4.69, 9.17) is 10.2 Å². The summed E-state index contributed by atoms with van der Waals surface area (Å²) in [7, 11) is 0. The van der Waals surface area contributed by atoms with Crippen molar-refractivity contribution < 1.29 is 4.42 Å². The minimum absolute atomic E-state index is 0.172. The summed E-state index contributed by atoms with van der Waals surface area (Å²) in [5.74, 6) is 2.27. The molecule has 0 radical (unpaired) electrons. The van der Waals surface area contributed by atoms with Gasteiger partial charge in [-0.3, -0.25) is 0 Å². The quantitative estimate of drug-likeness (QED) is 0.838. The zero-order valence-corrected chi connectivity index (χ0v) is 9.69. The van der Waals surface area contributed by atoms with E-state index in [0.29, 0.717) is 5.82 Å². The maximum Gasteiger partial charge on any atom is 0.152 e. The van der Waals surface area contributed by atoms with Crippen LogP contribution in [0.5, 0.6) is 0 Å². The first-order valence-electron chi connectivity index (χ1n) is 5.24. The Labute approximate surface area is 94.5 Å². The number of aryl methyl sites for hydroxylation is 2. The average molecular weight is 217 g/mol. The fourth-order valence-electron chi connectivity index (χ4n) is 1.49. The number of hydrogen-bond acceptors (Lipinski definition) is 4. The van der Waals surface area contributed by atoms with Crippen molar-refractivity contribution in [1.29, 1.82) is 0 Å². The van der Waals surface area contributed by atoms with Crippen LogP contribution in [0.3, 0.4) is 0 Å². The Morgan fingerprint density at radius 2 is 2.00 bits per heavy atom. The molecule has 84 valence electrons. The first-order valence-corrected chi connectivity index (χ1v) is 5.24. The Hall–Kier alpha value is -1.68. The predicted molar refractivity (Wildman–Crippen MR) is 61.8 cm³/mol. The van der Waals surface area contributed by atoms with Gasteiger partial charge in [-0.05, 0) is 39.0 Å². The topological polar surface area (TPSA) is 64.9 Å². The minimum Gasteiger partial charge on any atom is -0.460 e. The van der Waals surface area contributed by atoms with E-state index in [0.717, 1.165) is 22.9 Å². The summed E-state index contributed by atoms with van der Waals surface area (Å²) in [6.07, 6.45) is 0. The van der Waals surface area contributed by atoms with Gasteiger partial charge in [-0.2, -0.15) is 0 Å². The van der Waals surface area contributed by atoms with Gasteiger partial charge in [-0.1, -0.05) is 0 Å². The molecule has 2 N–H and O–H groups in total. The highest BCUT2D eigenvalue weighted by Crippen LogP contribution is 2.21. The Kier molecular flexibility index (Phi) is 2.75. The van der Waals surface area contributed by atoms with Crippen LogP contribution >= 0.6 is 0 Å². The molecular formula is C12H15N3O. The van der Waals surface area contributed by atoms with Crippen molar-refractivity contribution in [2.24, 2.45) is 5.73 Å². The van der Waals surface area contributed by atoms with Crippen LogP contribution in [0.15, 0.2) is 22.6 Å². The Morgan fingerprint density at radius 1 is 1.25 bits per heavy atom. The highest BCUT2D eigenvalue weighted by atomic mass is 16.3. The van der Waals surface area contributed by atoms with E-state index in [-0.39, 0.29) is 6.04 Å². The average Bonchev–Trinajstić information content (AvgIpc) is 2.64. The second-order valence-electron chi connectivity index (χ2n) is 3.95. The summed E-state index contributed by atoms with van der Waals surface area (Å²) in [4.78, 5) is 8.67. The Balaban J connectivity index is 2.49. The van der Waals surface area contributed by atoms with E-state index in [1.165, 1.54) is 0 Å². The third kappa shape index (κ3) is 2.12. The van der Waals surface area contributed by atoms with Gasteiger partial charge in [0, 0.05) is 5.69 Å². The standard InChI is InChI=1S/C12H15N3O/c1-7-6-10(11-5-4-8(2)16-11)15-12(14-7)9(3)13/h4-6,9H,13H2,1-3H3. The van der Waals surface area contributed by atoms with Crippen LogP contribution in [-0.2, 0) is 0 Å².